The molecule has 0 radical (unpaired) electrons. The minimum absolute atomic E-state index is 0.00808. The van der Waals surface area contributed by atoms with Gasteiger partial charge in [-0.3, -0.25) is 9.59 Å². The maximum atomic E-state index is 12.4. The summed E-state index contributed by atoms with van der Waals surface area (Å²) in [5.41, 5.74) is -0.736. The third kappa shape index (κ3) is 4.70. The normalized spacial score (nSPS) is 25.4. The molecule has 1 unspecified atom stereocenters. The minimum Gasteiger partial charge on any atom is -0.388 e. The van der Waals surface area contributed by atoms with Crippen LogP contribution in [0.3, 0.4) is 0 Å². The van der Waals surface area contributed by atoms with Gasteiger partial charge in [-0.2, -0.15) is 0 Å². The van der Waals surface area contributed by atoms with Crippen LogP contribution in [0.15, 0.2) is 0 Å². The van der Waals surface area contributed by atoms with E-state index >= 15 is 0 Å². The Labute approximate surface area is 133 Å². The molecule has 0 bridgehead atoms. The highest BCUT2D eigenvalue weighted by atomic mass is 16.3. The molecule has 0 spiro atoms. The van der Waals surface area contributed by atoms with Crippen molar-refractivity contribution in [2.75, 3.05) is 19.6 Å². The lowest BCUT2D eigenvalue weighted by atomic mass is 9.93. The molecule has 2 rings (SSSR count). The molecule has 1 aliphatic carbocycles. The topological polar surface area (TPSA) is 69.6 Å². The number of carbonyl (C=O) groups is 2. The number of likely N-dealkylation sites (tertiary alicyclic amines) is 1. The number of amides is 2. The van der Waals surface area contributed by atoms with Crippen molar-refractivity contribution in [1.82, 2.24) is 10.2 Å². The van der Waals surface area contributed by atoms with Crippen molar-refractivity contribution in [3.63, 3.8) is 0 Å². The second-order valence-corrected chi connectivity index (χ2v) is 6.89. The van der Waals surface area contributed by atoms with Gasteiger partial charge in [-0.25, -0.2) is 0 Å². The van der Waals surface area contributed by atoms with Gasteiger partial charge in [-0.05, 0) is 25.7 Å². The van der Waals surface area contributed by atoms with Gasteiger partial charge in [0.15, 0.2) is 0 Å². The van der Waals surface area contributed by atoms with E-state index in [0.29, 0.717) is 19.5 Å². The fourth-order valence-corrected chi connectivity index (χ4v) is 3.60. The zero-order valence-electron chi connectivity index (χ0n) is 13.8. The van der Waals surface area contributed by atoms with Crippen molar-refractivity contribution in [3.05, 3.63) is 0 Å². The van der Waals surface area contributed by atoms with Crippen LogP contribution in [0.4, 0.5) is 0 Å². The Bertz CT molecular complexity index is 389. The second-order valence-electron chi connectivity index (χ2n) is 6.89. The molecule has 1 saturated heterocycles. The molecule has 0 aromatic heterocycles. The number of nitrogens with one attached hydrogen (secondary N) is 1. The van der Waals surface area contributed by atoms with Crippen LogP contribution < -0.4 is 5.32 Å². The van der Waals surface area contributed by atoms with Gasteiger partial charge in [0.05, 0.1) is 11.5 Å². The van der Waals surface area contributed by atoms with Gasteiger partial charge in [0.25, 0.3) is 0 Å². The number of carbonyl (C=O) groups excluding carboxylic acids is 2. The first kappa shape index (κ1) is 17.3. The summed E-state index contributed by atoms with van der Waals surface area (Å²) in [4.78, 5) is 25.9. The Balaban J connectivity index is 1.82. The van der Waals surface area contributed by atoms with Crippen LogP contribution in [0.5, 0.6) is 0 Å². The Morgan fingerprint density at radius 2 is 1.86 bits per heavy atom. The summed E-state index contributed by atoms with van der Waals surface area (Å²) in [5.74, 6) is -0.00944. The molecule has 1 atom stereocenters. The fraction of sp³-hybridized carbons (Fsp3) is 0.882. The van der Waals surface area contributed by atoms with Crippen molar-refractivity contribution in [3.8, 4) is 0 Å². The monoisotopic (exact) mass is 310 g/mol. The lowest BCUT2D eigenvalue weighted by Crippen LogP contribution is -2.49. The number of rotatable bonds is 4. The number of nitrogens with zero attached hydrogens (tertiary/aromatic N) is 1. The van der Waals surface area contributed by atoms with Gasteiger partial charge < -0.3 is 15.3 Å². The van der Waals surface area contributed by atoms with E-state index in [1.54, 1.807) is 4.90 Å². The lowest BCUT2D eigenvalue weighted by molar-refractivity contribution is -0.135. The molecule has 5 nitrogen and oxygen atoms in total. The molecule has 2 amide bonds. The Hall–Kier alpha value is -1.10. The van der Waals surface area contributed by atoms with Gasteiger partial charge in [-0.15, -0.1) is 0 Å². The summed E-state index contributed by atoms with van der Waals surface area (Å²) in [6.45, 7) is 3.50. The van der Waals surface area contributed by atoms with Crippen molar-refractivity contribution >= 4 is 11.8 Å². The Kier molecular flexibility index (Phi) is 6.24. The molecule has 5 heteroatoms. The predicted octanol–water partition coefficient (Wildman–Crippen LogP) is 1.84. The first-order chi connectivity index (χ1) is 10.5. The minimum atomic E-state index is -0.736. The van der Waals surface area contributed by atoms with Crippen LogP contribution in [0, 0.1) is 5.92 Å². The SMILES string of the molecule is CCC(=O)N1CCCC(C(=O)NCC2(O)CCCCCC2)C1. The Morgan fingerprint density at radius 3 is 2.50 bits per heavy atom. The standard InChI is InChI=1S/C17H30N2O3/c1-2-15(20)19-11-7-8-14(12-19)16(21)18-13-17(22)9-5-3-4-6-10-17/h14,22H,2-13H2,1H3,(H,18,21). The molecular formula is C17H30N2O3. The maximum absolute atomic E-state index is 12.4. The van der Waals surface area contributed by atoms with Crippen LogP contribution in [-0.2, 0) is 9.59 Å². The quantitative estimate of drug-likeness (QED) is 0.778. The van der Waals surface area contributed by atoms with Gasteiger partial charge in [0.1, 0.15) is 0 Å². The number of piperidine rings is 1. The molecule has 1 heterocycles. The molecule has 126 valence electrons. The average Bonchev–Trinajstić information content (AvgIpc) is 2.77. The van der Waals surface area contributed by atoms with Crippen LogP contribution in [0.2, 0.25) is 0 Å². The van der Waals surface area contributed by atoms with E-state index in [1.807, 2.05) is 6.92 Å². The van der Waals surface area contributed by atoms with Crippen LogP contribution in [0.1, 0.15) is 64.7 Å². The van der Waals surface area contributed by atoms with Crippen LogP contribution in [-0.4, -0.2) is 47.1 Å². The van der Waals surface area contributed by atoms with Gasteiger partial charge in [0, 0.05) is 26.1 Å². The highest BCUT2D eigenvalue weighted by Gasteiger charge is 2.31. The smallest absolute Gasteiger partial charge is 0.225 e. The molecule has 2 fully saturated rings. The molecular weight excluding hydrogens is 280 g/mol. The third-order valence-corrected chi connectivity index (χ3v) is 5.07. The molecule has 0 aromatic rings. The van der Waals surface area contributed by atoms with Crippen molar-refractivity contribution in [2.24, 2.45) is 5.92 Å². The summed E-state index contributed by atoms with van der Waals surface area (Å²) in [6.07, 6.45) is 8.18. The van der Waals surface area contributed by atoms with E-state index in [0.717, 1.165) is 45.1 Å². The first-order valence-electron chi connectivity index (χ1n) is 8.82. The highest BCUT2D eigenvalue weighted by Crippen LogP contribution is 2.26. The predicted molar refractivity (Wildman–Crippen MR) is 85.3 cm³/mol. The third-order valence-electron chi connectivity index (χ3n) is 5.07. The average molecular weight is 310 g/mol. The van der Waals surface area contributed by atoms with Crippen LogP contribution >= 0.6 is 0 Å². The van der Waals surface area contributed by atoms with E-state index in [4.69, 9.17) is 0 Å². The van der Waals surface area contributed by atoms with E-state index in [1.165, 1.54) is 12.8 Å². The largest absolute Gasteiger partial charge is 0.388 e. The maximum Gasteiger partial charge on any atom is 0.225 e. The molecule has 2 aliphatic rings. The number of aliphatic hydroxyl groups is 1. The summed E-state index contributed by atoms with van der Waals surface area (Å²) < 4.78 is 0. The molecule has 1 saturated carbocycles. The van der Waals surface area contributed by atoms with E-state index in [2.05, 4.69) is 5.32 Å². The highest BCUT2D eigenvalue weighted by molar-refractivity contribution is 5.81. The lowest BCUT2D eigenvalue weighted by Gasteiger charge is -2.33. The zero-order chi connectivity index (χ0) is 16.0. The number of hydrogen-bond donors (Lipinski definition) is 2. The van der Waals surface area contributed by atoms with Crippen LogP contribution in [0.25, 0.3) is 0 Å². The Morgan fingerprint density at radius 1 is 1.18 bits per heavy atom. The molecule has 22 heavy (non-hydrogen) atoms. The molecule has 2 N–H and O–H groups in total. The fourth-order valence-electron chi connectivity index (χ4n) is 3.60. The van der Waals surface area contributed by atoms with Gasteiger partial charge >= 0.3 is 0 Å². The summed E-state index contributed by atoms with van der Waals surface area (Å²) >= 11 is 0. The molecule has 1 aliphatic heterocycles. The van der Waals surface area contributed by atoms with Crippen molar-refractivity contribution < 1.29 is 14.7 Å². The van der Waals surface area contributed by atoms with Crippen molar-refractivity contribution in [1.29, 1.82) is 0 Å². The van der Waals surface area contributed by atoms with E-state index < -0.39 is 5.60 Å². The van der Waals surface area contributed by atoms with Crippen molar-refractivity contribution in [2.45, 2.75) is 70.3 Å². The first-order valence-corrected chi connectivity index (χ1v) is 8.82. The summed E-state index contributed by atoms with van der Waals surface area (Å²) in [5, 5.41) is 13.5. The van der Waals surface area contributed by atoms with Gasteiger partial charge in [0.2, 0.25) is 11.8 Å². The summed E-state index contributed by atoms with van der Waals surface area (Å²) in [6, 6.07) is 0. The molecule has 0 aromatic carbocycles. The van der Waals surface area contributed by atoms with E-state index in [-0.39, 0.29) is 17.7 Å². The second kappa shape index (κ2) is 7.95. The van der Waals surface area contributed by atoms with E-state index in [9.17, 15) is 14.7 Å². The van der Waals surface area contributed by atoms with Gasteiger partial charge in [-0.1, -0.05) is 32.6 Å². The zero-order valence-corrected chi connectivity index (χ0v) is 13.8. The summed E-state index contributed by atoms with van der Waals surface area (Å²) in [7, 11) is 0. The number of hydrogen-bond acceptors (Lipinski definition) is 3.